The molecule has 1 aromatic carbocycles. The van der Waals surface area contributed by atoms with Crippen molar-refractivity contribution in [2.75, 3.05) is 38.5 Å². The number of benzene rings is 1. The van der Waals surface area contributed by atoms with Gasteiger partial charge in [0.25, 0.3) is 5.91 Å². The van der Waals surface area contributed by atoms with Crippen LogP contribution in [0.5, 0.6) is 5.75 Å². The van der Waals surface area contributed by atoms with Gasteiger partial charge in [0.1, 0.15) is 5.75 Å². The zero-order valence-electron chi connectivity index (χ0n) is 12.0. The molecule has 3 rings (SSSR count). The number of amides is 2. The average molecular weight is 289 g/mol. The second kappa shape index (κ2) is 5.73. The molecule has 1 fully saturated rings. The van der Waals surface area contributed by atoms with Crippen LogP contribution < -0.4 is 10.1 Å². The van der Waals surface area contributed by atoms with Gasteiger partial charge in [-0.05, 0) is 19.2 Å². The Morgan fingerprint density at radius 2 is 2.00 bits per heavy atom. The van der Waals surface area contributed by atoms with Crippen molar-refractivity contribution in [3.63, 3.8) is 0 Å². The second-order valence-corrected chi connectivity index (χ2v) is 5.48. The van der Waals surface area contributed by atoms with Crippen LogP contribution in [0.25, 0.3) is 0 Å². The first-order valence-corrected chi connectivity index (χ1v) is 7.16. The number of hydrogen-bond acceptors (Lipinski definition) is 4. The molecule has 21 heavy (non-hydrogen) atoms. The van der Waals surface area contributed by atoms with Crippen molar-refractivity contribution >= 4 is 17.5 Å². The predicted octanol–water partition coefficient (Wildman–Crippen LogP) is 0.550. The predicted molar refractivity (Wildman–Crippen MR) is 78.2 cm³/mol. The fourth-order valence-electron chi connectivity index (χ4n) is 2.57. The zero-order chi connectivity index (χ0) is 14.8. The van der Waals surface area contributed by atoms with E-state index in [9.17, 15) is 9.59 Å². The number of carbonyl (C=O) groups excluding carboxylic acids is 2. The van der Waals surface area contributed by atoms with Crippen LogP contribution in [-0.2, 0) is 9.59 Å². The van der Waals surface area contributed by atoms with Crippen LogP contribution in [0.2, 0.25) is 0 Å². The minimum atomic E-state index is -0.743. The third-order valence-corrected chi connectivity index (χ3v) is 3.92. The molecule has 112 valence electrons. The number of carbonyl (C=O) groups is 2. The SMILES string of the molecule is CN1CCN(C(=O)CC2Oc3ccccc3NC2=O)CC1. The number of rotatable bonds is 2. The van der Waals surface area contributed by atoms with Gasteiger partial charge in [0.2, 0.25) is 5.91 Å². The number of likely N-dealkylation sites (N-methyl/N-ethyl adjacent to an activating group) is 1. The van der Waals surface area contributed by atoms with E-state index >= 15 is 0 Å². The maximum atomic E-state index is 12.3. The molecule has 0 bridgehead atoms. The molecular weight excluding hydrogens is 270 g/mol. The van der Waals surface area contributed by atoms with Gasteiger partial charge < -0.3 is 19.9 Å². The van der Waals surface area contributed by atoms with Gasteiger partial charge in [0, 0.05) is 26.2 Å². The highest BCUT2D eigenvalue weighted by atomic mass is 16.5. The summed E-state index contributed by atoms with van der Waals surface area (Å²) in [5.74, 6) is 0.340. The molecule has 0 saturated carbocycles. The highest BCUT2D eigenvalue weighted by molar-refractivity contribution is 5.99. The van der Waals surface area contributed by atoms with Gasteiger partial charge in [0.05, 0.1) is 12.1 Å². The Balaban J connectivity index is 1.63. The fraction of sp³-hybridized carbons (Fsp3) is 0.467. The fourth-order valence-corrected chi connectivity index (χ4v) is 2.57. The summed E-state index contributed by atoms with van der Waals surface area (Å²) in [6, 6.07) is 7.25. The Bertz CT molecular complexity index is 553. The average Bonchev–Trinajstić information content (AvgIpc) is 2.48. The van der Waals surface area contributed by atoms with Crippen molar-refractivity contribution in [3.8, 4) is 5.75 Å². The summed E-state index contributed by atoms with van der Waals surface area (Å²) in [4.78, 5) is 28.3. The Hall–Kier alpha value is -2.08. The molecule has 6 heteroatoms. The highest BCUT2D eigenvalue weighted by Crippen LogP contribution is 2.29. The van der Waals surface area contributed by atoms with Gasteiger partial charge in [-0.15, -0.1) is 0 Å². The lowest BCUT2D eigenvalue weighted by Gasteiger charge is -2.33. The summed E-state index contributed by atoms with van der Waals surface area (Å²) in [5.41, 5.74) is 0.658. The van der Waals surface area contributed by atoms with E-state index in [2.05, 4.69) is 10.2 Å². The molecule has 1 N–H and O–H groups in total. The van der Waals surface area contributed by atoms with E-state index in [1.807, 2.05) is 19.2 Å². The Morgan fingerprint density at radius 3 is 2.76 bits per heavy atom. The molecule has 0 aliphatic carbocycles. The zero-order valence-corrected chi connectivity index (χ0v) is 12.0. The monoisotopic (exact) mass is 289 g/mol. The van der Waals surface area contributed by atoms with Gasteiger partial charge in [-0.3, -0.25) is 9.59 Å². The number of fused-ring (bicyclic) bond motifs is 1. The molecule has 1 aromatic rings. The number of anilines is 1. The van der Waals surface area contributed by atoms with E-state index in [0.29, 0.717) is 24.5 Å². The van der Waals surface area contributed by atoms with E-state index in [0.717, 1.165) is 13.1 Å². The number of ether oxygens (including phenoxy) is 1. The standard InChI is InChI=1S/C15H19N3O3/c1-17-6-8-18(9-7-17)14(19)10-13-15(20)16-11-4-2-3-5-12(11)21-13/h2-5,13H,6-10H2,1H3,(H,16,20). The Labute approximate surface area is 123 Å². The number of para-hydroxylation sites is 2. The smallest absolute Gasteiger partial charge is 0.266 e. The Kier molecular flexibility index (Phi) is 3.79. The maximum absolute atomic E-state index is 12.3. The molecule has 2 aliphatic heterocycles. The molecule has 0 aromatic heterocycles. The van der Waals surface area contributed by atoms with Gasteiger partial charge in [-0.2, -0.15) is 0 Å². The van der Waals surface area contributed by atoms with Crippen molar-refractivity contribution < 1.29 is 14.3 Å². The maximum Gasteiger partial charge on any atom is 0.266 e. The molecular formula is C15H19N3O3. The summed E-state index contributed by atoms with van der Waals surface area (Å²) in [5, 5.41) is 2.78. The first-order valence-electron chi connectivity index (χ1n) is 7.16. The molecule has 2 heterocycles. The third-order valence-electron chi connectivity index (χ3n) is 3.92. The molecule has 1 atom stereocenters. The molecule has 6 nitrogen and oxygen atoms in total. The van der Waals surface area contributed by atoms with Crippen molar-refractivity contribution in [2.45, 2.75) is 12.5 Å². The summed E-state index contributed by atoms with van der Waals surface area (Å²) in [7, 11) is 2.04. The molecule has 0 radical (unpaired) electrons. The van der Waals surface area contributed by atoms with Gasteiger partial charge >= 0.3 is 0 Å². The lowest BCUT2D eigenvalue weighted by molar-refractivity contribution is -0.138. The quantitative estimate of drug-likeness (QED) is 0.864. The van der Waals surface area contributed by atoms with Crippen LogP contribution in [-0.4, -0.2) is 60.9 Å². The number of nitrogens with zero attached hydrogens (tertiary/aromatic N) is 2. The largest absolute Gasteiger partial charge is 0.478 e. The summed E-state index contributed by atoms with van der Waals surface area (Å²) in [6.07, 6.45) is -0.656. The Morgan fingerprint density at radius 1 is 1.29 bits per heavy atom. The summed E-state index contributed by atoms with van der Waals surface area (Å²) < 4.78 is 5.66. The van der Waals surface area contributed by atoms with E-state index < -0.39 is 6.10 Å². The molecule has 0 spiro atoms. The minimum Gasteiger partial charge on any atom is -0.478 e. The first-order chi connectivity index (χ1) is 10.1. The number of piperazine rings is 1. The van der Waals surface area contributed by atoms with Crippen molar-refractivity contribution in [3.05, 3.63) is 24.3 Å². The normalized spacial score (nSPS) is 22.2. The van der Waals surface area contributed by atoms with Crippen LogP contribution in [0, 0.1) is 0 Å². The van der Waals surface area contributed by atoms with E-state index in [1.54, 1.807) is 17.0 Å². The van der Waals surface area contributed by atoms with Crippen LogP contribution >= 0.6 is 0 Å². The van der Waals surface area contributed by atoms with Gasteiger partial charge in [0.15, 0.2) is 6.10 Å². The topological polar surface area (TPSA) is 61.9 Å². The van der Waals surface area contributed by atoms with Crippen LogP contribution in [0.15, 0.2) is 24.3 Å². The van der Waals surface area contributed by atoms with Crippen molar-refractivity contribution in [1.82, 2.24) is 9.80 Å². The van der Waals surface area contributed by atoms with Gasteiger partial charge in [-0.1, -0.05) is 12.1 Å². The van der Waals surface area contributed by atoms with Crippen LogP contribution in [0.3, 0.4) is 0 Å². The lowest BCUT2D eigenvalue weighted by Crippen LogP contribution is -2.49. The minimum absolute atomic E-state index is 0.0253. The molecule has 2 aliphatic rings. The van der Waals surface area contributed by atoms with E-state index in [-0.39, 0.29) is 18.2 Å². The van der Waals surface area contributed by atoms with Gasteiger partial charge in [-0.25, -0.2) is 0 Å². The second-order valence-electron chi connectivity index (χ2n) is 5.48. The van der Waals surface area contributed by atoms with Crippen LogP contribution in [0.4, 0.5) is 5.69 Å². The number of hydrogen-bond donors (Lipinski definition) is 1. The van der Waals surface area contributed by atoms with E-state index in [4.69, 9.17) is 4.74 Å². The highest BCUT2D eigenvalue weighted by Gasteiger charge is 2.31. The van der Waals surface area contributed by atoms with Crippen molar-refractivity contribution in [1.29, 1.82) is 0 Å². The van der Waals surface area contributed by atoms with E-state index in [1.165, 1.54) is 0 Å². The third kappa shape index (κ3) is 3.00. The number of nitrogens with one attached hydrogen (secondary N) is 1. The molecule has 1 unspecified atom stereocenters. The summed E-state index contributed by atoms with van der Waals surface area (Å²) >= 11 is 0. The first kappa shape index (κ1) is 13.9. The molecule has 2 amide bonds. The van der Waals surface area contributed by atoms with Crippen LogP contribution in [0.1, 0.15) is 6.42 Å². The van der Waals surface area contributed by atoms with Crippen molar-refractivity contribution in [2.24, 2.45) is 0 Å². The summed E-state index contributed by atoms with van der Waals surface area (Å²) in [6.45, 7) is 3.15. The lowest BCUT2D eigenvalue weighted by atomic mass is 10.1. The molecule has 1 saturated heterocycles.